The molecule has 24 heavy (non-hydrogen) atoms. The average Bonchev–Trinajstić information content (AvgIpc) is 3.47. The second-order valence-corrected chi connectivity index (χ2v) is 6.15. The third-order valence-electron chi connectivity index (χ3n) is 4.32. The molecule has 0 atom stereocenters. The highest BCUT2D eigenvalue weighted by atomic mass is 16.2. The molecule has 1 amide bonds. The Balaban J connectivity index is 1.41. The van der Waals surface area contributed by atoms with Gasteiger partial charge in [0, 0.05) is 44.6 Å². The summed E-state index contributed by atoms with van der Waals surface area (Å²) in [7, 11) is 0. The molecule has 2 aromatic heterocycles. The molecule has 124 valence electrons. The smallest absolute Gasteiger partial charge is 0.270 e. The topological polar surface area (TPSA) is 74.2 Å². The number of amides is 1. The molecule has 7 heteroatoms. The molecule has 0 radical (unpaired) electrons. The Morgan fingerprint density at radius 1 is 1.00 bits per heavy atom. The van der Waals surface area contributed by atoms with Crippen LogP contribution >= 0.6 is 0 Å². The van der Waals surface area contributed by atoms with Crippen molar-refractivity contribution >= 4 is 17.7 Å². The summed E-state index contributed by atoms with van der Waals surface area (Å²) >= 11 is 0. The van der Waals surface area contributed by atoms with Crippen LogP contribution in [0.5, 0.6) is 0 Å². The summed E-state index contributed by atoms with van der Waals surface area (Å²) in [5.74, 6) is 1.52. The predicted octanol–water partition coefficient (Wildman–Crippen LogP) is 1.09. The van der Waals surface area contributed by atoms with Gasteiger partial charge < -0.3 is 15.1 Å². The van der Waals surface area contributed by atoms with E-state index in [9.17, 15) is 4.79 Å². The maximum Gasteiger partial charge on any atom is 0.270 e. The van der Waals surface area contributed by atoms with E-state index in [1.165, 1.54) is 0 Å². The van der Waals surface area contributed by atoms with Crippen LogP contribution in [0.1, 0.15) is 23.3 Å². The van der Waals surface area contributed by atoms with E-state index >= 15 is 0 Å². The summed E-state index contributed by atoms with van der Waals surface area (Å²) in [4.78, 5) is 29.7. The Bertz CT molecular complexity index is 710. The van der Waals surface area contributed by atoms with Crippen LogP contribution in [-0.2, 0) is 0 Å². The zero-order valence-electron chi connectivity index (χ0n) is 13.4. The third kappa shape index (κ3) is 3.29. The minimum Gasteiger partial charge on any atom is -0.353 e. The standard InChI is InChI=1S/C17H20N6O/c24-16(20-13-4-5-13)14-6-8-19-17(21-14)23-11-9-22(10-12-23)15-3-1-2-7-18-15/h1-3,6-8,13H,4-5,9-12H2,(H,20,24). The van der Waals surface area contributed by atoms with Crippen LogP contribution in [0.2, 0.25) is 0 Å². The number of aromatic nitrogens is 3. The van der Waals surface area contributed by atoms with Gasteiger partial charge in [-0.15, -0.1) is 0 Å². The van der Waals surface area contributed by atoms with E-state index < -0.39 is 0 Å². The first kappa shape index (κ1) is 14.9. The summed E-state index contributed by atoms with van der Waals surface area (Å²) in [6.07, 6.45) is 5.61. The predicted molar refractivity (Wildman–Crippen MR) is 91.2 cm³/mol. The summed E-state index contributed by atoms with van der Waals surface area (Å²) in [5.41, 5.74) is 0.444. The molecule has 0 unspecified atom stereocenters. The minimum absolute atomic E-state index is 0.103. The molecule has 1 N–H and O–H groups in total. The maximum absolute atomic E-state index is 12.1. The fourth-order valence-corrected chi connectivity index (χ4v) is 2.79. The van der Waals surface area contributed by atoms with Gasteiger partial charge in [0.05, 0.1) is 0 Å². The molecule has 1 saturated heterocycles. The van der Waals surface area contributed by atoms with Gasteiger partial charge in [0.2, 0.25) is 5.95 Å². The summed E-state index contributed by atoms with van der Waals surface area (Å²) in [6, 6.07) is 7.95. The Kier molecular flexibility index (Phi) is 3.98. The number of pyridine rings is 1. The van der Waals surface area contributed by atoms with Crippen molar-refractivity contribution in [2.45, 2.75) is 18.9 Å². The van der Waals surface area contributed by atoms with Gasteiger partial charge in [0.15, 0.2) is 0 Å². The van der Waals surface area contributed by atoms with E-state index in [2.05, 4.69) is 30.1 Å². The van der Waals surface area contributed by atoms with Crippen molar-refractivity contribution in [2.75, 3.05) is 36.0 Å². The largest absolute Gasteiger partial charge is 0.353 e. The van der Waals surface area contributed by atoms with Gasteiger partial charge in [-0.05, 0) is 31.0 Å². The lowest BCUT2D eigenvalue weighted by atomic mass is 10.3. The highest BCUT2D eigenvalue weighted by Gasteiger charge is 2.25. The van der Waals surface area contributed by atoms with Gasteiger partial charge in [-0.25, -0.2) is 15.0 Å². The molecule has 1 aliphatic carbocycles. The number of piperazine rings is 1. The molecule has 2 aliphatic rings. The lowest BCUT2D eigenvalue weighted by Crippen LogP contribution is -2.47. The van der Waals surface area contributed by atoms with Crippen LogP contribution in [0.3, 0.4) is 0 Å². The van der Waals surface area contributed by atoms with E-state index in [4.69, 9.17) is 0 Å². The van der Waals surface area contributed by atoms with Crippen LogP contribution in [0, 0.1) is 0 Å². The van der Waals surface area contributed by atoms with Gasteiger partial charge in [-0.1, -0.05) is 6.07 Å². The first-order chi connectivity index (χ1) is 11.8. The van der Waals surface area contributed by atoms with Gasteiger partial charge in [0.1, 0.15) is 11.5 Å². The number of nitrogens with zero attached hydrogens (tertiary/aromatic N) is 5. The number of carbonyl (C=O) groups excluding carboxylic acids is 1. The van der Waals surface area contributed by atoms with Gasteiger partial charge in [-0.2, -0.15) is 0 Å². The Morgan fingerprint density at radius 2 is 1.79 bits per heavy atom. The minimum atomic E-state index is -0.103. The van der Waals surface area contributed by atoms with Crippen molar-refractivity contribution in [3.05, 3.63) is 42.4 Å². The molecule has 7 nitrogen and oxygen atoms in total. The van der Waals surface area contributed by atoms with Crippen molar-refractivity contribution in [2.24, 2.45) is 0 Å². The fraction of sp³-hybridized carbons (Fsp3) is 0.412. The fourth-order valence-electron chi connectivity index (χ4n) is 2.79. The number of nitrogens with one attached hydrogen (secondary N) is 1. The van der Waals surface area contributed by atoms with Crippen LogP contribution in [-0.4, -0.2) is 53.1 Å². The second kappa shape index (κ2) is 6.43. The van der Waals surface area contributed by atoms with Gasteiger partial charge in [0.25, 0.3) is 5.91 Å². The molecule has 0 aromatic carbocycles. The van der Waals surface area contributed by atoms with Crippen molar-refractivity contribution in [1.82, 2.24) is 20.3 Å². The summed E-state index contributed by atoms with van der Waals surface area (Å²) in [5, 5.41) is 2.96. The molecule has 1 saturated carbocycles. The quantitative estimate of drug-likeness (QED) is 0.907. The van der Waals surface area contributed by atoms with Crippen molar-refractivity contribution in [3.63, 3.8) is 0 Å². The van der Waals surface area contributed by atoms with Gasteiger partial charge >= 0.3 is 0 Å². The van der Waals surface area contributed by atoms with Crippen LogP contribution in [0.4, 0.5) is 11.8 Å². The van der Waals surface area contributed by atoms with Crippen LogP contribution in [0.25, 0.3) is 0 Å². The number of hydrogen-bond acceptors (Lipinski definition) is 6. The molecule has 1 aliphatic heterocycles. The SMILES string of the molecule is O=C(NC1CC1)c1ccnc(N2CCN(c3ccccn3)CC2)n1. The third-order valence-corrected chi connectivity index (χ3v) is 4.32. The number of carbonyl (C=O) groups is 1. The molecular formula is C17H20N6O. The highest BCUT2D eigenvalue weighted by molar-refractivity contribution is 5.92. The summed E-state index contributed by atoms with van der Waals surface area (Å²) in [6.45, 7) is 3.34. The average molecular weight is 324 g/mol. The lowest BCUT2D eigenvalue weighted by molar-refractivity contribution is 0.0946. The zero-order valence-corrected chi connectivity index (χ0v) is 13.4. The Morgan fingerprint density at radius 3 is 2.50 bits per heavy atom. The molecule has 3 heterocycles. The van der Waals surface area contributed by atoms with Crippen molar-refractivity contribution in [1.29, 1.82) is 0 Å². The van der Waals surface area contributed by atoms with E-state index in [1.807, 2.05) is 24.4 Å². The lowest BCUT2D eigenvalue weighted by Gasteiger charge is -2.35. The molecule has 2 aromatic rings. The highest BCUT2D eigenvalue weighted by Crippen LogP contribution is 2.20. The normalized spacial score (nSPS) is 17.7. The molecule has 0 bridgehead atoms. The Hall–Kier alpha value is -2.70. The number of hydrogen-bond donors (Lipinski definition) is 1. The summed E-state index contributed by atoms with van der Waals surface area (Å²) < 4.78 is 0. The Labute approximate surface area is 140 Å². The van der Waals surface area contributed by atoms with E-state index in [1.54, 1.807) is 12.3 Å². The first-order valence-corrected chi connectivity index (χ1v) is 8.34. The molecule has 2 fully saturated rings. The maximum atomic E-state index is 12.1. The number of anilines is 2. The van der Waals surface area contributed by atoms with Crippen molar-refractivity contribution in [3.8, 4) is 0 Å². The monoisotopic (exact) mass is 324 g/mol. The molecular weight excluding hydrogens is 304 g/mol. The van der Waals surface area contributed by atoms with Crippen LogP contribution in [0.15, 0.2) is 36.7 Å². The van der Waals surface area contributed by atoms with Crippen LogP contribution < -0.4 is 15.1 Å². The van der Waals surface area contributed by atoms with Gasteiger partial charge in [-0.3, -0.25) is 4.79 Å². The first-order valence-electron chi connectivity index (χ1n) is 8.34. The van der Waals surface area contributed by atoms with E-state index in [0.717, 1.165) is 44.8 Å². The van der Waals surface area contributed by atoms with E-state index in [0.29, 0.717) is 17.7 Å². The second-order valence-electron chi connectivity index (χ2n) is 6.15. The van der Waals surface area contributed by atoms with Crippen molar-refractivity contribution < 1.29 is 4.79 Å². The van der Waals surface area contributed by atoms with E-state index in [-0.39, 0.29) is 5.91 Å². The molecule has 0 spiro atoms. The number of rotatable bonds is 4. The molecule has 4 rings (SSSR count). The zero-order chi connectivity index (χ0) is 16.4.